The number of carbonyl (C=O) groups is 1. The van der Waals surface area contributed by atoms with Gasteiger partial charge in [-0.25, -0.2) is 0 Å². The normalized spacial score (nSPS) is 22.4. The fourth-order valence-corrected chi connectivity index (χ4v) is 2.83. The lowest BCUT2D eigenvalue weighted by Gasteiger charge is -2.18. The number of amides is 1. The molecule has 0 spiro atoms. The molecule has 0 saturated heterocycles. The zero-order valence-corrected chi connectivity index (χ0v) is 11.9. The molecule has 1 fully saturated rings. The lowest BCUT2D eigenvalue weighted by molar-refractivity contribution is 0.0928. The number of benzene rings is 1. The van der Waals surface area contributed by atoms with Crippen molar-refractivity contribution in [3.05, 3.63) is 35.4 Å². The average Bonchev–Trinajstić information content (AvgIpc) is 2.82. The maximum atomic E-state index is 12.4. The number of rotatable bonds is 5. The Kier molecular flexibility index (Phi) is 4.97. The maximum absolute atomic E-state index is 12.4. The standard InChI is InChI=1S/C16H24N2O/c1-12-6-5-9-15(12)18-16(19)14-8-4-3-7-13(14)10-11-17-2/h3-4,7-8,12,15,17H,5-6,9-11H2,1-2H3,(H,18,19). The van der Waals surface area contributed by atoms with Crippen molar-refractivity contribution in [1.29, 1.82) is 0 Å². The molecule has 0 aliphatic heterocycles. The van der Waals surface area contributed by atoms with Gasteiger partial charge in [0.05, 0.1) is 0 Å². The molecule has 2 unspecified atom stereocenters. The molecule has 104 valence electrons. The van der Waals surface area contributed by atoms with Crippen LogP contribution in [0.3, 0.4) is 0 Å². The summed E-state index contributed by atoms with van der Waals surface area (Å²) in [6, 6.07) is 8.27. The number of hydrogen-bond acceptors (Lipinski definition) is 2. The van der Waals surface area contributed by atoms with Gasteiger partial charge < -0.3 is 10.6 Å². The summed E-state index contributed by atoms with van der Waals surface area (Å²) in [5.41, 5.74) is 1.96. The third-order valence-electron chi connectivity index (χ3n) is 4.08. The van der Waals surface area contributed by atoms with Crippen molar-refractivity contribution in [2.45, 2.75) is 38.6 Å². The minimum absolute atomic E-state index is 0.0884. The van der Waals surface area contributed by atoms with Crippen LogP contribution in [0.15, 0.2) is 24.3 Å². The van der Waals surface area contributed by atoms with Gasteiger partial charge >= 0.3 is 0 Å². The van der Waals surface area contributed by atoms with Crippen LogP contribution < -0.4 is 10.6 Å². The Balaban J connectivity index is 2.05. The van der Waals surface area contributed by atoms with Crippen LogP contribution in [0.2, 0.25) is 0 Å². The molecule has 2 N–H and O–H groups in total. The summed E-state index contributed by atoms with van der Waals surface area (Å²) in [6.07, 6.45) is 4.46. The van der Waals surface area contributed by atoms with Crippen LogP contribution in [0, 0.1) is 5.92 Å². The van der Waals surface area contributed by atoms with Gasteiger partial charge in [-0.1, -0.05) is 31.5 Å². The van der Waals surface area contributed by atoms with Gasteiger partial charge in [-0.3, -0.25) is 4.79 Å². The summed E-state index contributed by atoms with van der Waals surface area (Å²) in [5.74, 6) is 0.693. The Labute approximate surface area is 115 Å². The predicted octanol–water partition coefficient (Wildman–Crippen LogP) is 2.37. The van der Waals surface area contributed by atoms with Crippen molar-refractivity contribution in [3.8, 4) is 0 Å². The average molecular weight is 260 g/mol. The van der Waals surface area contributed by atoms with Crippen LogP contribution in [0.4, 0.5) is 0 Å². The minimum Gasteiger partial charge on any atom is -0.349 e. The van der Waals surface area contributed by atoms with Gasteiger partial charge in [0.15, 0.2) is 0 Å². The molecule has 0 bridgehead atoms. The van der Waals surface area contributed by atoms with E-state index in [2.05, 4.69) is 17.6 Å². The van der Waals surface area contributed by atoms with Crippen LogP contribution in [0.25, 0.3) is 0 Å². The highest BCUT2D eigenvalue weighted by molar-refractivity contribution is 5.95. The molecule has 1 aliphatic rings. The molecule has 1 aromatic carbocycles. The van der Waals surface area contributed by atoms with E-state index in [4.69, 9.17) is 0 Å². The summed E-state index contributed by atoms with van der Waals surface area (Å²) in [5, 5.41) is 6.33. The number of likely N-dealkylation sites (N-methyl/N-ethyl adjacent to an activating group) is 1. The topological polar surface area (TPSA) is 41.1 Å². The fraction of sp³-hybridized carbons (Fsp3) is 0.562. The van der Waals surface area contributed by atoms with Crippen LogP contribution in [0.5, 0.6) is 0 Å². The van der Waals surface area contributed by atoms with E-state index in [0.717, 1.165) is 30.5 Å². The fourth-order valence-electron chi connectivity index (χ4n) is 2.83. The van der Waals surface area contributed by atoms with Crippen LogP contribution in [0.1, 0.15) is 42.1 Å². The molecular formula is C16H24N2O. The molecule has 19 heavy (non-hydrogen) atoms. The molecule has 0 radical (unpaired) electrons. The second-order valence-electron chi connectivity index (χ2n) is 5.50. The maximum Gasteiger partial charge on any atom is 0.251 e. The van der Waals surface area contributed by atoms with Gasteiger partial charge in [0.25, 0.3) is 5.91 Å². The van der Waals surface area contributed by atoms with Gasteiger partial charge in [0, 0.05) is 11.6 Å². The molecule has 2 rings (SSSR count). The smallest absolute Gasteiger partial charge is 0.251 e. The predicted molar refractivity (Wildman–Crippen MR) is 78.3 cm³/mol. The molecule has 1 aromatic rings. The van der Waals surface area contributed by atoms with E-state index in [1.54, 1.807) is 0 Å². The van der Waals surface area contributed by atoms with E-state index >= 15 is 0 Å². The lowest BCUT2D eigenvalue weighted by Crippen LogP contribution is -2.37. The molecule has 3 heteroatoms. The first-order chi connectivity index (χ1) is 9.22. The summed E-state index contributed by atoms with van der Waals surface area (Å²) >= 11 is 0. The van der Waals surface area contributed by atoms with Crippen molar-refractivity contribution in [3.63, 3.8) is 0 Å². The summed E-state index contributed by atoms with van der Waals surface area (Å²) in [6.45, 7) is 3.12. The van der Waals surface area contributed by atoms with Crippen molar-refractivity contribution in [1.82, 2.24) is 10.6 Å². The van der Waals surface area contributed by atoms with Crippen LogP contribution in [-0.4, -0.2) is 25.5 Å². The van der Waals surface area contributed by atoms with Crippen molar-refractivity contribution in [2.75, 3.05) is 13.6 Å². The first kappa shape index (κ1) is 14.1. The van der Waals surface area contributed by atoms with E-state index in [9.17, 15) is 4.79 Å². The largest absolute Gasteiger partial charge is 0.349 e. The first-order valence-electron chi connectivity index (χ1n) is 7.25. The highest BCUT2D eigenvalue weighted by atomic mass is 16.1. The van der Waals surface area contributed by atoms with Crippen molar-refractivity contribution in [2.24, 2.45) is 5.92 Å². The molecule has 0 heterocycles. The second-order valence-corrected chi connectivity index (χ2v) is 5.50. The number of hydrogen-bond donors (Lipinski definition) is 2. The summed E-state index contributed by atoms with van der Waals surface area (Å²) in [7, 11) is 1.93. The third-order valence-corrected chi connectivity index (χ3v) is 4.08. The minimum atomic E-state index is 0.0884. The quantitative estimate of drug-likeness (QED) is 0.853. The van der Waals surface area contributed by atoms with Gasteiger partial charge in [0.2, 0.25) is 0 Å². The monoisotopic (exact) mass is 260 g/mol. The Morgan fingerprint density at radius 3 is 2.79 bits per heavy atom. The SMILES string of the molecule is CNCCc1ccccc1C(=O)NC1CCCC1C. The number of carbonyl (C=O) groups excluding carboxylic acids is 1. The zero-order valence-electron chi connectivity index (χ0n) is 11.9. The molecular weight excluding hydrogens is 236 g/mol. The van der Waals surface area contributed by atoms with Crippen LogP contribution in [-0.2, 0) is 6.42 Å². The van der Waals surface area contributed by atoms with Gasteiger partial charge in [-0.15, -0.1) is 0 Å². The molecule has 0 aromatic heterocycles. The van der Waals surface area contributed by atoms with Gasteiger partial charge in [0.1, 0.15) is 0 Å². The second kappa shape index (κ2) is 6.71. The zero-order chi connectivity index (χ0) is 13.7. The van der Waals surface area contributed by atoms with Crippen molar-refractivity contribution < 1.29 is 4.79 Å². The van der Waals surface area contributed by atoms with Crippen molar-refractivity contribution >= 4 is 5.91 Å². The van der Waals surface area contributed by atoms with E-state index in [1.807, 2.05) is 31.3 Å². The molecule has 2 atom stereocenters. The molecule has 1 amide bonds. The van der Waals surface area contributed by atoms with Gasteiger partial charge in [-0.05, 0) is 50.4 Å². The van der Waals surface area contributed by atoms with E-state index in [1.165, 1.54) is 12.8 Å². The summed E-state index contributed by atoms with van der Waals surface area (Å²) in [4.78, 5) is 12.4. The molecule has 1 aliphatic carbocycles. The first-order valence-corrected chi connectivity index (χ1v) is 7.25. The Bertz CT molecular complexity index is 431. The molecule has 3 nitrogen and oxygen atoms in total. The van der Waals surface area contributed by atoms with Crippen LogP contribution >= 0.6 is 0 Å². The Morgan fingerprint density at radius 1 is 1.32 bits per heavy atom. The highest BCUT2D eigenvalue weighted by Gasteiger charge is 2.25. The Morgan fingerprint density at radius 2 is 2.11 bits per heavy atom. The molecule has 1 saturated carbocycles. The Hall–Kier alpha value is -1.35. The van der Waals surface area contributed by atoms with E-state index in [0.29, 0.717) is 12.0 Å². The van der Waals surface area contributed by atoms with Gasteiger partial charge in [-0.2, -0.15) is 0 Å². The highest BCUT2D eigenvalue weighted by Crippen LogP contribution is 2.25. The van der Waals surface area contributed by atoms with E-state index < -0.39 is 0 Å². The summed E-state index contributed by atoms with van der Waals surface area (Å²) < 4.78 is 0. The van der Waals surface area contributed by atoms with E-state index in [-0.39, 0.29) is 5.91 Å². The third kappa shape index (κ3) is 3.57. The number of nitrogens with one attached hydrogen (secondary N) is 2. The lowest BCUT2D eigenvalue weighted by atomic mass is 10.0.